The van der Waals surface area contributed by atoms with E-state index < -0.39 is 0 Å². The lowest BCUT2D eigenvalue weighted by Crippen LogP contribution is -2.01. The summed E-state index contributed by atoms with van der Waals surface area (Å²) in [5.41, 5.74) is 0.693. The van der Waals surface area contributed by atoms with E-state index in [1.165, 1.54) is 0 Å². The molecule has 1 aromatic carbocycles. The fourth-order valence-corrected chi connectivity index (χ4v) is 1.76. The first-order chi connectivity index (χ1) is 8.29. The van der Waals surface area contributed by atoms with E-state index in [0.717, 1.165) is 25.7 Å². The van der Waals surface area contributed by atoms with Gasteiger partial charge in [-0.1, -0.05) is 24.6 Å². The van der Waals surface area contributed by atoms with Crippen molar-refractivity contribution in [3.05, 3.63) is 42.5 Å². The molecule has 0 saturated carbocycles. The Balaban J connectivity index is 2.44. The van der Waals surface area contributed by atoms with Crippen molar-refractivity contribution in [1.29, 1.82) is 0 Å². The number of carbonyl (C=O) groups is 1. The highest BCUT2D eigenvalue weighted by molar-refractivity contribution is 5.98. The van der Waals surface area contributed by atoms with Crippen LogP contribution in [0, 0.1) is 0 Å². The highest BCUT2D eigenvalue weighted by Crippen LogP contribution is 2.20. The molecule has 0 aliphatic carbocycles. The summed E-state index contributed by atoms with van der Waals surface area (Å²) in [6.07, 6.45) is 6.67. The molecule has 0 bridgehead atoms. The number of allylic oxidation sites excluding steroid dienone is 1. The molecule has 0 amide bonds. The van der Waals surface area contributed by atoms with Crippen LogP contribution in [-0.4, -0.2) is 12.9 Å². The van der Waals surface area contributed by atoms with Crippen molar-refractivity contribution in [1.82, 2.24) is 0 Å². The van der Waals surface area contributed by atoms with Crippen molar-refractivity contribution in [2.45, 2.75) is 32.1 Å². The molecule has 92 valence electrons. The average Bonchev–Trinajstić information content (AvgIpc) is 2.38. The Kier molecular flexibility index (Phi) is 6.08. The largest absolute Gasteiger partial charge is 0.496 e. The van der Waals surface area contributed by atoms with Gasteiger partial charge in [0.15, 0.2) is 5.78 Å². The molecule has 0 N–H and O–H groups in total. The van der Waals surface area contributed by atoms with Gasteiger partial charge in [-0.2, -0.15) is 0 Å². The second-order valence-electron chi connectivity index (χ2n) is 4.01. The minimum absolute atomic E-state index is 0.168. The number of carbonyl (C=O) groups excluding carboxylic acids is 1. The van der Waals surface area contributed by atoms with Gasteiger partial charge in [0.1, 0.15) is 5.75 Å². The van der Waals surface area contributed by atoms with Gasteiger partial charge in [-0.15, -0.1) is 6.58 Å². The molecule has 2 nitrogen and oxygen atoms in total. The summed E-state index contributed by atoms with van der Waals surface area (Å²) in [5, 5.41) is 0. The van der Waals surface area contributed by atoms with Crippen LogP contribution in [0.15, 0.2) is 36.9 Å². The molecule has 0 unspecified atom stereocenters. The second-order valence-corrected chi connectivity index (χ2v) is 4.01. The minimum Gasteiger partial charge on any atom is -0.496 e. The molecule has 0 fully saturated rings. The monoisotopic (exact) mass is 232 g/mol. The number of unbranched alkanes of at least 4 members (excludes halogenated alkanes) is 3. The summed E-state index contributed by atoms with van der Waals surface area (Å²) in [6.45, 7) is 3.68. The van der Waals surface area contributed by atoms with Gasteiger partial charge < -0.3 is 4.74 Å². The zero-order valence-corrected chi connectivity index (χ0v) is 10.4. The predicted octanol–water partition coefficient (Wildman–Crippen LogP) is 4.01. The Morgan fingerprint density at radius 3 is 2.76 bits per heavy atom. The third-order valence-corrected chi connectivity index (χ3v) is 2.72. The summed E-state index contributed by atoms with van der Waals surface area (Å²) in [6, 6.07) is 7.39. The molecular formula is C15H20O2. The first kappa shape index (κ1) is 13.5. The van der Waals surface area contributed by atoms with Crippen LogP contribution in [-0.2, 0) is 0 Å². The number of methoxy groups -OCH3 is 1. The van der Waals surface area contributed by atoms with E-state index in [0.29, 0.717) is 17.7 Å². The molecule has 0 atom stereocenters. The summed E-state index contributed by atoms with van der Waals surface area (Å²) < 4.78 is 5.18. The smallest absolute Gasteiger partial charge is 0.166 e. The van der Waals surface area contributed by atoms with Crippen LogP contribution in [0.5, 0.6) is 5.75 Å². The summed E-state index contributed by atoms with van der Waals surface area (Å²) >= 11 is 0. The molecule has 1 rings (SSSR count). The Morgan fingerprint density at radius 1 is 1.29 bits per heavy atom. The van der Waals surface area contributed by atoms with Gasteiger partial charge in [0.05, 0.1) is 12.7 Å². The second kappa shape index (κ2) is 7.66. The van der Waals surface area contributed by atoms with E-state index in [1.807, 2.05) is 30.3 Å². The number of para-hydroxylation sites is 1. The lowest BCUT2D eigenvalue weighted by atomic mass is 10.0. The van der Waals surface area contributed by atoms with Crippen LogP contribution in [0.25, 0.3) is 0 Å². The number of rotatable bonds is 8. The van der Waals surface area contributed by atoms with Crippen molar-refractivity contribution in [2.24, 2.45) is 0 Å². The number of benzene rings is 1. The van der Waals surface area contributed by atoms with Crippen molar-refractivity contribution >= 4 is 5.78 Å². The quantitative estimate of drug-likeness (QED) is 0.384. The molecule has 17 heavy (non-hydrogen) atoms. The lowest BCUT2D eigenvalue weighted by Gasteiger charge is -2.06. The van der Waals surface area contributed by atoms with E-state index in [4.69, 9.17) is 4.74 Å². The summed E-state index contributed by atoms with van der Waals surface area (Å²) in [5.74, 6) is 0.838. The van der Waals surface area contributed by atoms with Crippen LogP contribution in [0.2, 0.25) is 0 Å². The molecular weight excluding hydrogens is 212 g/mol. The average molecular weight is 232 g/mol. The van der Waals surface area contributed by atoms with Crippen molar-refractivity contribution < 1.29 is 9.53 Å². The normalized spacial score (nSPS) is 9.94. The number of ether oxygens (including phenoxy) is 1. The Bertz CT molecular complexity index is 369. The lowest BCUT2D eigenvalue weighted by molar-refractivity contribution is 0.0976. The van der Waals surface area contributed by atoms with Gasteiger partial charge in [-0.25, -0.2) is 0 Å². The zero-order chi connectivity index (χ0) is 12.5. The van der Waals surface area contributed by atoms with E-state index in [1.54, 1.807) is 7.11 Å². The first-order valence-corrected chi connectivity index (χ1v) is 6.06. The molecule has 0 saturated heterocycles. The summed E-state index contributed by atoms with van der Waals surface area (Å²) in [7, 11) is 1.59. The van der Waals surface area contributed by atoms with Crippen LogP contribution in [0.4, 0.5) is 0 Å². The first-order valence-electron chi connectivity index (χ1n) is 6.06. The van der Waals surface area contributed by atoms with Gasteiger partial charge in [-0.05, 0) is 31.4 Å². The number of ketones is 1. The van der Waals surface area contributed by atoms with Gasteiger partial charge in [0.25, 0.3) is 0 Å². The Morgan fingerprint density at radius 2 is 2.06 bits per heavy atom. The standard InChI is InChI=1S/C15H20O2/c1-3-4-5-6-7-11-14(16)13-10-8-9-12-15(13)17-2/h3,8-10,12H,1,4-7,11H2,2H3. The predicted molar refractivity (Wildman–Crippen MR) is 70.6 cm³/mol. The van der Waals surface area contributed by atoms with E-state index in [2.05, 4.69) is 6.58 Å². The number of hydrogen-bond donors (Lipinski definition) is 0. The van der Waals surface area contributed by atoms with Crippen LogP contribution in [0.1, 0.15) is 42.5 Å². The number of Topliss-reactive ketones (excluding diaryl/α,β-unsaturated/α-hetero) is 1. The fourth-order valence-electron chi connectivity index (χ4n) is 1.76. The van der Waals surface area contributed by atoms with Gasteiger partial charge >= 0.3 is 0 Å². The van der Waals surface area contributed by atoms with Crippen LogP contribution >= 0.6 is 0 Å². The van der Waals surface area contributed by atoms with Crippen molar-refractivity contribution in [2.75, 3.05) is 7.11 Å². The molecule has 0 aliphatic heterocycles. The third kappa shape index (κ3) is 4.43. The van der Waals surface area contributed by atoms with Gasteiger partial charge in [-0.3, -0.25) is 4.79 Å². The topological polar surface area (TPSA) is 26.3 Å². The van der Waals surface area contributed by atoms with Gasteiger partial charge in [0, 0.05) is 6.42 Å². The molecule has 1 aromatic rings. The van der Waals surface area contributed by atoms with E-state index >= 15 is 0 Å². The fraction of sp³-hybridized carbons (Fsp3) is 0.400. The Hall–Kier alpha value is -1.57. The Labute approximate surface area is 103 Å². The van der Waals surface area contributed by atoms with E-state index in [9.17, 15) is 4.79 Å². The highest BCUT2D eigenvalue weighted by atomic mass is 16.5. The van der Waals surface area contributed by atoms with Crippen LogP contribution in [0.3, 0.4) is 0 Å². The zero-order valence-electron chi connectivity index (χ0n) is 10.4. The third-order valence-electron chi connectivity index (χ3n) is 2.72. The van der Waals surface area contributed by atoms with Crippen LogP contribution < -0.4 is 4.74 Å². The molecule has 0 spiro atoms. The maximum Gasteiger partial charge on any atom is 0.166 e. The molecule has 0 radical (unpaired) electrons. The molecule has 0 aliphatic rings. The van der Waals surface area contributed by atoms with Gasteiger partial charge in [0.2, 0.25) is 0 Å². The highest BCUT2D eigenvalue weighted by Gasteiger charge is 2.10. The minimum atomic E-state index is 0.168. The molecule has 0 heterocycles. The van der Waals surface area contributed by atoms with Crippen molar-refractivity contribution in [3.8, 4) is 5.75 Å². The molecule has 2 heteroatoms. The molecule has 0 aromatic heterocycles. The van der Waals surface area contributed by atoms with Crippen molar-refractivity contribution in [3.63, 3.8) is 0 Å². The SMILES string of the molecule is C=CCCCCCC(=O)c1ccccc1OC. The number of hydrogen-bond acceptors (Lipinski definition) is 2. The summed E-state index contributed by atoms with van der Waals surface area (Å²) in [4.78, 5) is 12.0. The maximum absolute atomic E-state index is 12.0. The van der Waals surface area contributed by atoms with E-state index in [-0.39, 0.29) is 5.78 Å². The maximum atomic E-state index is 12.0.